The first-order valence-corrected chi connectivity index (χ1v) is 8.48. The van der Waals surface area contributed by atoms with E-state index in [1.54, 1.807) is 17.5 Å². The van der Waals surface area contributed by atoms with Gasteiger partial charge in [-0.2, -0.15) is 0 Å². The molecule has 1 aliphatic rings. The average Bonchev–Trinajstić information content (AvgIpc) is 3.19. The number of carbonyl (C=O) groups is 1. The Hall–Kier alpha value is -1.74. The molecule has 2 aromatic rings. The minimum Gasteiger partial charge on any atom is -0.360 e. The Bertz CT molecular complexity index is 591. The van der Waals surface area contributed by atoms with Crippen molar-refractivity contribution >= 4 is 38.8 Å². The number of rotatable bonds is 4. The number of amides is 1. The van der Waals surface area contributed by atoms with E-state index in [-0.39, 0.29) is 5.91 Å². The molecule has 1 saturated heterocycles. The summed E-state index contributed by atoms with van der Waals surface area (Å²) in [4.78, 5) is 20.7. The Morgan fingerprint density at radius 2 is 2.14 bits per heavy atom. The van der Waals surface area contributed by atoms with Gasteiger partial charge in [0.15, 0.2) is 5.13 Å². The molecule has 1 N–H and O–H groups in total. The van der Waals surface area contributed by atoms with Crippen LogP contribution in [0.15, 0.2) is 11.6 Å². The Labute approximate surface area is 130 Å². The third kappa shape index (κ3) is 3.13. The molecule has 1 fully saturated rings. The standard InChI is InChI=1S/C12H16N6OS2/c1-2-13-11-16-15-9(21-11)10(19)17-4-6-18(7-5-17)12-14-3-8-20-12/h3,8H,2,4-7H2,1H3,(H,13,16). The fourth-order valence-corrected chi connectivity index (χ4v) is 3.62. The van der Waals surface area contributed by atoms with Crippen LogP contribution in [0.25, 0.3) is 0 Å². The highest BCUT2D eigenvalue weighted by molar-refractivity contribution is 7.17. The van der Waals surface area contributed by atoms with Crippen molar-refractivity contribution in [2.24, 2.45) is 0 Å². The number of nitrogens with zero attached hydrogens (tertiary/aromatic N) is 5. The molecule has 3 rings (SSSR count). The normalized spacial score (nSPS) is 15.3. The van der Waals surface area contributed by atoms with Gasteiger partial charge in [-0.05, 0) is 6.92 Å². The van der Waals surface area contributed by atoms with Crippen LogP contribution in [0.3, 0.4) is 0 Å². The van der Waals surface area contributed by atoms with Gasteiger partial charge in [0, 0.05) is 44.3 Å². The monoisotopic (exact) mass is 324 g/mol. The topological polar surface area (TPSA) is 74.2 Å². The molecular formula is C12H16N6OS2. The molecule has 9 heteroatoms. The van der Waals surface area contributed by atoms with Gasteiger partial charge in [-0.15, -0.1) is 21.5 Å². The molecule has 2 aromatic heterocycles. The lowest BCUT2D eigenvalue weighted by molar-refractivity contribution is 0.0745. The van der Waals surface area contributed by atoms with Crippen LogP contribution in [-0.2, 0) is 0 Å². The Morgan fingerprint density at radius 3 is 2.81 bits per heavy atom. The van der Waals surface area contributed by atoms with Crippen molar-refractivity contribution in [1.29, 1.82) is 0 Å². The van der Waals surface area contributed by atoms with Gasteiger partial charge in [-0.3, -0.25) is 4.79 Å². The summed E-state index contributed by atoms with van der Waals surface area (Å²) in [5.74, 6) is -0.0320. The third-order valence-corrected chi connectivity index (χ3v) is 4.89. The zero-order valence-corrected chi connectivity index (χ0v) is 13.3. The van der Waals surface area contributed by atoms with Gasteiger partial charge in [0.25, 0.3) is 5.91 Å². The summed E-state index contributed by atoms with van der Waals surface area (Å²) >= 11 is 2.94. The number of nitrogens with one attached hydrogen (secondary N) is 1. The van der Waals surface area contributed by atoms with Gasteiger partial charge in [0.2, 0.25) is 10.1 Å². The van der Waals surface area contributed by atoms with Crippen molar-refractivity contribution in [1.82, 2.24) is 20.1 Å². The summed E-state index contributed by atoms with van der Waals surface area (Å²) in [5.41, 5.74) is 0. The van der Waals surface area contributed by atoms with Crippen molar-refractivity contribution in [2.75, 3.05) is 42.9 Å². The molecule has 0 radical (unpaired) electrons. The molecular weight excluding hydrogens is 308 g/mol. The summed E-state index contributed by atoms with van der Waals surface area (Å²) in [5, 5.41) is 15.1. The van der Waals surface area contributed by atoms with Gasteiger partial charge >= 0.3 is 0 Å². The van der Waals surface area contributed by atoms with E-state index in [2.05, 4.69) is 25.4 Å². The number of hydrogen-bond donors (Lipinski definition) is 1. The molecule has 0 aromatic carbocycles. The Morgan fingerprint density at radius 1 is 1.33 bits per heavy atom. The van der Waals surface area contributed by atoms with Crippen LogP contribution in [0.4, 0.5) is 10.3 Å². The van der Waals surface area contributed by atoms with Crippen molar-refractivity contribution in [3.8, 4) is 0 Å². The van der Waals surface area contributed by atoms with E-state index in [1.807, 2.05) is 17.2 Å². The fraction of sp³-hybridized carbons (Fsp3) is 0.500. The van der Waals surface area contributed by atoms with Crippen LogP contribution in [-0.4, -0.2) is 58.7 Å². The predicted octanol–water partition coefficient (Wildman–Crippen LogP) is 1.39. The Kier molecular flexibility index (Phi) is 4.30. The zero-order valence-electron chi connectivity index (χ0n) is 11.7. The van der Waals surface area contributed by atoms with Gasteiger partial charge in [0.05, 0.1) is 0 Å². The third-order valence-electron chi connectivity index (χ3n) is 3.19. The maximum absolute atomic E-state index is 12.4. The molecule has 0 unspecified atom stereocenters. The average molecular weight is 324 g/mol. The highest BCUT2D eigenvalue weighted by atomic mass is 32.1. The lowest BCUT2D eigenvalue weighted by Gasteiger charge is -2.34. The fourth-order valence-electron chi connectivity index (χ4n) is 2.14. The molecule has 21 heavy (non-hydrogen) atoms. The van der Waals surface area contributed by atoms with Gasteiger partial charge < -0.3 is 15.1 Å². The number of aromatic nitrogens is 3. The van der Waals surface area contributed by atoms with E-state index in [4.69, 9.17) is 0 Å². The van der Waals surface area contributed by atoms with E-state index in [9.17, 15) is 4.79 Å². The second-order valence-electron chi connectivity index (χ2n) is 4.54. The first kappa shape index (κ1) is 14.2. The molecule has 0 atom stereocenters. The van der Waals surface area contributed by atoms with Crippen LogP contribution >= 0.6 is 22.7 Å². The van der Waals surface area contributed by atoms with Crippen molar-refractivity contribution < 1.29 is 4.79 Å². The Balaban J connectivity index is 1.59. The van der Waals surface area contributed by atoms with E-state index < -0.39 is 0 Å². The molecule has 3 heterocycles. The zero-order chi connectivity index (χ0) is 14.7. The number of thiazole rings is 1. The van der Waals surface area contributed by atoms with Crippen LogP contribution in [0.2, 0.25) is 0 Å². The molecule has 112 valence electrons. The molecule has 1 amide bonds. The van der Waals surface area contributed by atoms with Crippen molar-refractivity contribution in [3.63, 3.8) is 0 Å². The predicted molar refractivity (Wildman–Crippen MR) is 84.3 cm³/mol. The van der Waals surface area contributed by atoms with E-state index in [1.165, 1.54) is 11.3 Å². The summed E-state index contributed by atoms with van der Waals surface area (Å²) in [6, 6.07) is 0. The van der Waals surface area contributed by atoms with Crippen LogP contribution < -0.4 is 10.2 Å². The molecule has 1 aliphatic heterocycles. The largest absolute Gasteiger partial charge is 0.360 e. The second-order valence-corrected chi connectivity index (χ2v) is 6.39. The van der Waals surface area contributed by atoms with E-state index in [0.29, 0.717) is 23.2 Å². The van der Waals surface area contributed by atoms with E-state index >= 15 is 0 Å². The summed E-state index contributed by atoms with van der Waals surface area (Å²) in [6.07, 6.45) is 1.81. The first-order chi connectivity index (χ1) is 10.3. The number of carbonyl (C=O) groups excluding carboxylic acids is 1. The minimum atomic E-state index is -0.0320. The van der Waals surface area contributed by atoms with Crippen LogP contribution in [0.1, 0.15) is 16.7 Å². The van der Waals surface area contributed by atoms with Crippen LogP contribution in [0.5, 0.6) is 0 Å². The van der Waals surface area contributed by atoms with Crippen molar-refractivity contribution in [2.45, 2.75) is 6.92 Å². The van der Waals surface area contributed by atoms with Crippen LogP contribution in [0, 0.1) is 0 Å². The summed E-state index contributed by atoms with van der Waals surface area (Å²) < 4.78 is 0. The molecule has 0 bridgehead atoms. The maximum Gasteiger partial charge on any atom is 0.285 e. The molecule has 0 spiro atoms. The number of piperazine rings is 1. The lowest BCUT2D eigenvalue weighted by Crippen LogP contribution is -2.48. The molecule has 0 saturated carbocycles. The maximum atomic E-state index is 12.4. The SMILES string of the molecule is CCNc1nnc(C(=O)N2CCN(c3nccs3)CC2)s1. The second kappa shape index (κ2) is 6.35. The van der Waals surface area contributed by atoms with Gasteiger partial charge in [-0.25, -0.2) is 4.98 Å². The summed E-state index contributed by atoms with van der Waals surface area (Å²) in [6.45, 7) is 5.75. The van der Waals surface area contributed by atoms with E-state index in [0.717, 1.165) is 24.8 Å². The smallest absolute Gasteiger partial charge is 0.285 e. The summed E-state index contributed by atoms with van der Waals surface area (Å²) in [7, 11) is 0. The first-order valence-electron chi connectivity index (χ1n) is 6.79. The number of anilines is 2. The lowest BCUT2D eigenvalue weighted by atomic mass is 10.3. The number of hydrogen-bond acceptors (Lipinski definition) is 8. The quantitative estimate of drug-likeness (QED) is 0.916. The molecule has 0 aliphatic carbocycles. The highest BCUT2D eigenvalue weighted by Gasteiger charge is 2.25. The van der Waals surface area contributed by atoms with Gasteiger partial charge in [-0.1, -0.05) is 11.3 Å². The molecule has 7 nitrogen and oxygen atoms in total. The van der Waals surface area contributed by atoms with Gasteiger partial charge in [0.1, 0.15) is 0 Å². The van der Waals surface area contributed by atoms with Crippen molar-refractivity contribution in [3.05, 3.63) is 16.6 Å². The minimum absolute atomic E-state index is 0.0320. The highest BCUT2D eigenvalue weighted by Crippen LogP contribution is 2.21.